The molecule has 0 spiro atoms. The molecule has 14 heteroatoms. The molecular formula is C33H56BF2N4O6P. The van der Waals surface area contributed by atoms with Gasteiger partial charge in [0.15, 0.2) is 0 Å². The van der Waals surface area contributed by atoms with Gasteiger partial charge in [-0.15, -0.1) is 0 Å². The molecule has 0 aromatic carbocycles. The summed E-state index contributed by atoms with van der Waals surface area (Å²) in [7, 11) is -0.942. The third-order valence-corrected chi connectivity index (χ3v) is 9.14. The van der Waals surface area contributed by atoms with Crippen LogP contribution in [0.1, 0.15) is 89.4 Å². The van der Waals surface area contributed by atoms with Crippen LogP contribution in [0.4, 0.5) is 8.63 Å². The topological polar surface area (TPSA) is 125 Å². The first kappa shape index (κ1) is 41.0. The van der Waals surface area contributed by atoms with Crippen LogP contribution in [0.25, 0.3) is 6.08 Å². The number of allylic oxidation sites excluding steroid dienone is 2. The van der Waals surface area contributed by atoms with E-state index >= 15 is 0 Å². The van der Waals surface area contributed by atoms with Crippen molar-refractivity contribution < 1.29 is 41.7 Å². The predicted molar refractivity (Wildman–Crippen MR) is 184 cm³/mol. The van der Waals surface area contributed by atoms with E-state index in [2.05, 4.69) is 10.3 Å². The largest absolute Gasteiger partial charge is 0.778 e. The SMILES string of the molecule is CC1=CC(C)=N/C1=C\c1ccc(CCC(=O)NCCCCCCCCCCCOCC(O)COP(=O)([O-])CC[N+](C)(C)C)n1B(F)F. The number of amides is 1. The van der Waals surface area contributed by atoms with Gasteiger partial charge in [-0.05, 0) is 63.0 Å². The number of quaternary nitrogens is 1. The number of aliphatic imine (C=N–C) groups is 1. The number of nitrogens with zero attached hydrogens (tertiary/aromatic N) is 3. The van der Waals surface area contributed by atoms with Crippen LogP contribution in [0.2, 0.25) is 0 Å². The summed E-state index contributed by atoms with van der Waals surface area (Å²) in [6.45, 7) is 5.09. The van der Waals surface area contributed by atoms with Gasteiger partial charge in [-0.1, -0.05) is 44.9 Å². The van der Waals surface area contributed by atoms with E-state index in [1.165, 1.54) is 0 Å². The molecule has 266 valence electrons. The third-order valence-electron chi connectivity index (χ3n) is 7.85. The highest BCUT2D eigenvalue weighted by atomic mass is 31.2. The summed E-state index contributed by atoms with van der Waals surface area (Å²) in [5, 5.41) is 12.8. The van der Waals surface area contributed by atoms with E-state index in [1.807, 2.05) is 41.1 Å². The van der Waals surface area contributed by atoms with Crippen LogP contribution < -0.4 is 10.2 Å². The van der Waals surface area contributed by atoms with Crippen LogP contribution in [-0.2, 0) is 25.0 Å². The molecule has 1 aliphatic rings. The van der Waals surface area contributed by atoms with Gasteiger partial charge in [0.1, 0.15) is 13.7 Å². The van der Waals surface area contributed by atoms with Crippen LogP contribution in [-0.4, -0.2) is 99.4 Å². The average Bonchev–Trinajstić information content (AvgIpc) is 3.54. The second kappa shape index (κ2) is 21.1. The molecule has 1 aromatic heterocycles. The molecule has 1 amide bonds. The van der Waals surface area contributed by atoms with Gasteiger partial charge in [0.25, 0.3) is 0 Å². The Morgan fingerprint density at radius 2 is 1.72 bits per heavy atom. The lowest BCUT2D eigenvalue weighted by atomic mass is 10.1. The first-order chi connectivity index (χ1) is 22.2. The maximum atomic E-state index is 13.8. The van der Waals surface area contributed by atoms with Crippen molar-refractivity contribution in [2.24, 2.45) is 4.99 Å². The fourth-order valence-electron chi connectivity index (χ4n) is 5.13. The maximum absolute atomic E-state index is 13.8. The van der Waals surface area contributed by atoms with Crippen molar-refractivity contribution >= 4 is 32.7 Å². The van der Waals surface area contributed by atoms with Gasteiger partial charge in [0.2, 0.25) is 5.91 Å². The molecule has 0 radical (unpaired) electrons. The molecule has 0 aliphatic carbocycles. The van der Waals surface area contributed by atoms with Crippen molar-refractivity contribution in [3.05, 3.63) is 40.9 Å². The first-order valence-corrected chi connectivity index (χ1v) is 18.6. The number of nitrogens with one attached hydrogen (secondary N) is 1. The third kappa shape index (κ3) is 17.7. The van der Waals surface area contributed by atoms with Gasteiger partial charge < -0.3 is 38.1 Å². The molecule has 0 saturated heterocycles. The van der Waals surface area contributed by atoms with Crippen molar-refractivity contribution in [2.75, 3.05) is 60.2 Å². The number of rotatable bonds is 25. The molecule has 2 N–H and O–H groups in total. The number of carbonyl (C=O) groups excluding carboxylic acids is 1. The minimum Gasteiger partial charge on any atom is -0.778 e. The highest BCUT2D eigenvalue weighted by Gasteiger charge is 2.24. The van der Waals surface area contributed by atoms with Crippen LogP contribution in [0.3, 0.4) is 0 Å². The van der Waals surface area contributed by atoms with Crippen LogP contribution in [0, 0.1) is 0 Å². The summed E-state index contributed by atoms with van der Waals surface area (Å²) < 4.78 is 51.5. The number of halogens is 2. The van der Waals surface area contributed by atoms with Crippen molar-refractivity contribution in [1.29, 1.82) is 0 Å². The van der Waals surface area contributed by atoms with E-state index in [0.717, 1.165) is 73.6 Å². The Labute approximate surface area is 280 Å². The summed E-state index contributed by atoms with van der Waals surface area (Å²) in [6, 6.07) is 3.30. The number of aliphatic hydroxyl groups is 1. The number of aromatic nitrogens is 1. The van der Waals surface area contributed by atoms with Gasteiger partial charge in [0, 0.05) is 36.7 Å². The van der Waals surface area contributed by atoms with Gasteiger partial charge in [-0.25, -0.2) is 0 Å². The number of carbonyl (C=O) groups is 1. The molecule has 1 aliphatic heterocycles. The standard InChI is InChI=1S/C33H56BF2N4O6P/c1-27-23-28(2)38-32(27)24-30-16-15-29(39(30)34(35)36)17-18-33(42)37-19-13-11-9-7-6-8-10-12-14-21-45-25-31(41)26-46-47(43,44)22-20-40(3,4)5/h15-16,23-24,31,41H,6-14,17-22,25-26H2,1-5H3,(H-,37,42,43,44)/b32-24-. The normalized spacial score (nSPS) is 16.2. The van der Waals surface area contributed by atoms with Crippen molar-refractivity contribution in [1.82, 2.24) is 9.79 Å². The zero-order valence-corrected chi connectivity index (χ0v) is 29.9. The molecule has 1 aromatic rings. The van der Waals surface area contributed by atoms with Crippen LogP contribution in [0.15, 0.2) is 34.5 Å². The molecule has 2 unspecified atom stereocenters. The van der Waals surface area contributed by atoms with E-state index < -0.39 is 21.1 Å². The molecule has 0 saturated carbocycles. The summed E-state index contributed by atoms with van der Waals surface area (Å²) in [6.07, 6.45) is 12.4. The van der Waals surface area contributed by atoms with E-state index in [0.29, 0.717) is 41.3 Å². The number of hydrogen-bond donors (Lipinski definition) is 2. The number of aliphatic hydroxyl groups excluding tert-OH is 1. The Morgan fingerprint density at radius 3 is 2.32 bits per heavy atom. The quantitative estimate of drug-likeness (QED) is 0.0629. The van der Waals surface area contributed by atoms with E-state index in [4.69, 9.17) is 9.26 Å². The smallest absolute Gasteiger partial charge is 0.677 e. The van der Waals surface area contributed by atoms with Crippen LogP contribution in [0.5, 0.6) is 0 Å². The second-order valence-electron chi connectivity index (χ2n) is 13.4. The van der Waals surface area contributed by atoms with Gasteiger partial charge in [-0.2, -0.15) is 0 Å². The zero-order valence-electron chi connectivity index (χ0n) is 29.0. The van der Waals surface area contributed by atoms with Gasteiger partial charge >= 0.3 is 7.40 Å². The zero-order chi connectivity index (χ0) is 34.9. The Morgan fingerprint density at radius 1 is 1.09 bits per heavy atom. The number of aryl methyl sites for hydroxylation is 1. The van der Waals surface area contributed by atoms with Crippen molar-refractivity contribution in [2.45, 2.75) is 90.6 Å². The van der Waals surface area contributed by atoms with E-state index in [-0.39, 0.29) is 38.1 Å². The van der Waals surface area contributed by atoms with Gasteiger partial charge in [-0.3, -0.25) is 18.4 Å². The van der Waals surface area contributed by atoms with E-state index in [9.17, 15) is 28.0 Å². The molecule has 2 atom stereocenters. The predicted octanol–water partition coefficient (Wildman–Crippen LogP) is 5.24. The Hall–Kier alpha value is -2.15. The molecule has 2 rings (SSSR count). The minimum absolute atomic E-state index is 0.0516. The monoisotopic (exact) mass is 684 g/mol. The Balaban J connectivity index is 1.45. The molecular weight excluding hydrogens is 628 g/mol. The lowest BCUT2D eigenvalue weighted by Crippen LogP contribution is -2.38. The molecule has 0 bridgehead atoms. The highest BCUT2D eigenvalue weighted by Crippen LogP contribution is 2.36. The summed E-state index contributed by atoms with van der Waals surface area (Å²) in [4.78, 5) is 28.6. The van der Waals surface area contributed by atoms with Crippen LogP contribution >= 0.6 is 7.60 Å². The summed E-state index contributed by atoms with van der Waals surface area (Å²) >= 11 is 0. The Kier molecular flexibility index (Phi) is 18.4. The van der Waals surface area contributed by atoms with E-state index in [1.54, 1.807) is 18.2 Å². The maximum Gasteiger partial charge on any atom is 0.677 e. The average molecular weight is 685 g/mol. The van der Waals surface area contributed by atoms with Gasteiger partial charge in [0.05, 0.1) is 52.8 Å². The fourth-order valence-corrected chi connectivity index (χ4v) is 6.50. The Bertz CT molecular complexity index is 1250. The molecule has 2 heterocycles. The number of hydrogen-bond acceptors (Lipinski definition) is 7. The number of ether oxygens (including phenoxy) is 1. The lowest BCUT2D eigenvalue weighted by Gasteiger charge is -2.29. The fraction of sp³-hybridized carbons (Fsp3) is 0.697. The molecule has 10 nitrogen and oxygen atoms in total. The molecule has 0 fully saturated rings. The summed E-state index contributed by atoms with van der Waals surface area (Å²) in [5.74, 6) is -0.132. The first-order valence-electron chi connectivity index (χ1n) is 16.9. The minimum atomic E-state index is -3.96. The molecule has 47 heavy (non-hydrogen) atoms. The lowest BCUT2D eigenvalue weighted by molar-refractivity contribution is -0.868. The second-order valence-corrected chi connectivity index (χ2v) is 15.3. The van der Waals surface area contributed by atoms with Crippen molar-refractivity contribution in [3.63, 3.8) is 0 Å². The highest BCUT2D eigenvalue weighted by molar-refractivity contribution is 7.51. The summed E-state index contributed by atoms with van der Waals surface area (Å²) in [5.41, 5.74) is 3.26. The number of unbranched alkanes of at least 4 members (excludes halogenated alkanes) is 8. The van der Waals surface area contributed by atoms with Crippen molar-refractivity contribution in [3.8, 4) is 0 Å².